The second-order valence-electron chi connectivity index (χ2n) is 11.3. The van der Waals surface area contributed by atoms with Crippen LogP contribution in [-0.2, 0) is 25.0 Å². The molecule has 1 saturated heterocycles. The number of carbonyl (C=O) groups is 3. The number of hydrogen-bond donors (Lipinski definition) is 4. The Bertz CT molecular complexity index is 1470. The molecule has 234 valence electrons. The first kappa shape index (κ1) is 32.2. The standard InChI is InChI=1S/C28H37F2N7O5S/c1-36(2)14-4-7-23(38)33-20-5-3-6-21(17-20)43(41,42)37-15-8-19(9-16-37)34-25(39)24-22(18-32-35-24)27(26(31)40)10-12-28(29,30)13-11-27/h3-7,17-19H,8-16H2,1-2H3,(H2,31,40)(H,32,35)(H,33,38)(H,34,39)/b7-4+. The van der Waals surface area contributed by atoms with Gasteiger partial charge >= 0.3 is 0 Å². The number of aromatic nitrogens is 2. The van der Waals surface area contributed by atoms with Gasteiger partial charge in [-0.1, -0.05) is 12.1 Å². The van der Waals surface area contributed by atoms with E-state index in [1.807, 2.05) is 19.0 Å². The van der Waals surface area contributed by atoms with E-state index in [1.165, 1.54) is 28.7 Å². The fraction of sp³-hybridized carbons (Fsp3) is 0.500. The van der Waals surface area contributed by atoms with Crippen molar-refractivity contribution in [2.75, 3.05) is 39.0 Å². The number of hydrogen-bond acceptors (Lipinski definition) is 7. The Balaban J connectivity index is 1.38. The normalized spacial score (nSPS) is 19.4. The molecule has 15 heteroatoms. The van der Waals surface area contributed by atoms with Crippen LogP contribution in [0.25, 0.3) is 0 Å². The van der Waals surface area contributed by atoms with Crippen molar-refractivity contribution in [2.45, 2.75) is 60.8 Å². The molecule has 0 radical (unpaired) electrons. The summed E-state index contributed by atoms with van der Waals surface area (Å²) in [7, 11) is -0.139. The number of aromatic amines is 1. The van der Waals surface area contributed by atoms with Gasteiger partial charge in [0.1, 0.15) is 0 Å². The first-order valence-electron chi connectivity index (χ1n) is 14.0. The van der Waals surface area contributed by atoms with Gasteiger partial charge in [0.15, 0.2) is 5.69 Å². The van der Waals surface area contributed by atoms with Gasteiger partial charge in [-0.25, -0.2) is 17.2 Å². The molecule has 1 aromatic heterocycles. The van der Waals surface area contributed by atoms with Crippen molar-refractivity contribution in [3.63, 3.8) is 0 Å². The number of alkyl halides is 2. The zero-order valence-corrected chi connectivity index (χ0v) is 24.9. The molecule has 3 amide bonds. The van der Waals surface area contributed by atoms with Crippen LogP contribution in [0.2, 0.25) is 0 Å². The minimum atomic E-state index is -3.88. The molecule has 4 rings (SSSR count). The van der Waals surface area contributed by atoms with Crippen molar-refractivity contribution in [3.05, 3.63) is 53.9 Å². The quantitative estimate of drug-likeness (QED) is 0.294. The summed E-state index contributed by atoms with van der Waals surface area (Å²) in [5.74, 6) is -4.67. The number of anilines is 1. The lowest BCUT2D eigenvalue weighted by Gasteiger charge is -2.37. The topological polar surface area (TPSA) is 171 Å². The predicted molar refractivity (Wildman–Crippen MR) is 155 cm³/mol. The van der Waals surface area contributed by atoms with Crippen LogP contribution < -0.4 is 16.4 Å². The summed E-state index contributed by atoms with van der Waals surface area (Å²) in [6.07, 6.45) is 3.58. The zero-order valence-electron chi connectivity index (χ0n) is 24.1. The number of carbonyl (C=O) groups excluding carboxylic acids is 3. The molecule has 43 heavy (non-hydrogen) atoms. The van der Waals surface area contributed by atoms with E-state index in [4.69, 9.17) is 5.73 Å². The van der Waals surface area contributed by atoms with Gasteiger partial charge in [0.25, 0.3) is 5.91 Å². The van der Waals surface area contributed by atoms with Gasteiger partial charge in [0, 0.05) is 62.0 Å². The highest BCUT2D eigenvalue weighted by molar-refractivity contribution is 7.89. The van der Waals surface area contributed by atoms with Crippen LogP contribution in [0, 0.1) is 0 Å². The number of sulfonamides is 1. The summed E-state index contributed by atoms with van der Waals surface area (Å²) in [5, 5.41) is 12.1. The number of nitrogens with two attached hydrogens (primary N) is 1. The molecular weight excluding hydrogens is 584 g/mol. The molecule has 2 aromatic rings. The van der Waals surface area contributed by atoms with Crippen LogP contribution in [0.3, 0.4) is 0 Å². The zero-order chi connectivity index (χ0) is 31.4. The number of H-pyrrole nitrogens is 1. The molecule has 0 unspecified atom stereocenters. The Labute approximate surface area is 249 Å². The van der Waals surface area contributed by atoms with Gasteiger partial charge in [-0.05, 0) is 58.0 Å². The van der Waals surface area contributed by atoms with Crippen LogP contribution >= 0.6 is 0 Å². The van der Waals surface area contributed by atoms with E-state index in [0.717, 1.165) is 0 Å². The second-order valence-corrected chi connectivity index (χ2v) is 13.2. The number of benzene rings is 1. The summed E-state index contributed by atoms with van der Waals surface area (Å²) in [5.41, 5.74) is 4.66. The molecule has 1 aromatic carbocycles. The molecular formula is C28H37F2N7O5S. The smallest absolute Gasteiger partial charge is 0.272 e. The molecule has 0 spiro atoms. The number of likely N-dealkylation sites (N-methyl/N-ethyl adjacent to an activating group) is 1. The Morgan fingerprint density at radius 2 is 1.84 bits per heavy atom. The lowest BCUT2D eigenvalue weighted by molar-refractivity contribution is -0.128. The average Bonchev–Trinajstić information content (AvgIpc) is 3.44. The fourth-order valence-corrected chi connectivity index (χ4v) is 6.97. The first-order valence-corrected chi connectivity index (χ1v) is 15.4. The maximum absolute atomic E-state index is 13.9. The van der Waals surface area contributed by atoms with E-state index in [9.17, 15) is 31.6 Å². The third-order valence-corrected chi connectivity index (χ3v) is 9.84. The highest BCUT2D eigenvalue weighted by atomic mass is 32.2. The van der Waals surface area contributed by atoms with Crippen molar-refractivity contribution in [1.82, 2.24) is 24.7 Å². The number of rotatable bonds is 10. The molecule has 1 saturated carbocycles. The van der Waals surface area contributed by atoms with Crippen molar-refractivity contribution in [1.29, 1.82) is 0 Å². The summed E-state index contributed by atoms with van der Waals surface area (Å²) >= 11 is 0. The molecule has 2 fully saturated rings. The van der Waals surface area contributed by atoms with Crippen molar-refractivity contribution >= 4 is 33.4 Å². The summed E-state index contributed by atoms with van der Waals surface area (Å²) < 4.78 is 55.7. The van der Waals surface area contributed by atoms with E-state index in [2.05, 4.69) is 20.8 Å². The lowest BCUT2D eigenvalue weighted by atomic mass is 9.68. The van der Waals surface area contributed by atoms with Crippen molar-refractivity contribution < 1.29 is 31.6 Å². The monoisotopic (exact) mass is 621 g/mol. The number of primary amides is 1. The summed E-state index contributed by atoms with van der Waals surface area (Å²) in [6, 6.07) is 5.62. The average molecular weight is 622 g/mol. The number of amides is 3. The van der Waals surface area contributed by atoms with Crippen LogP contribution in [-0.4, -0.2) is 91.2 Å². The lowest BCUT2D eigenvalue weighted by Crippen LogP contribution is -2.49. The summed E-state index contributed by atoms with van der Waals surface area (Å²) in [6.45, 7) is 0.840. The van der Waals surface area contributed by atoms with Gasteiger partial charge in [-0.2, -0.15) is 9.40 Å². The number of nitrogens with zero attached hydrogens (tertiary/aromatic N) is 3. The molecule has 2 aliphatic rings. The first-order chi connectivity index (χ1) is 20.2. The van der Waals surface area contributed by atoms with Gasteiger partial charge in [0.2, 0.25) is 27.8 Å². The Morgan fingerprint density at radius 1 is 1.16 bits per heavy atom. The van der Waals surface area contributed by atoms with Gasteiger partial charge in [0.05, 0.1) is 10.3 Å². The number of nitrogens with one attached hydrogen (secondary N) is 3. The minimum Gasteiger partial charge on any atom is -0.369 e. The van der Waals surface area contributed by atoms with E-state index < -0.39 is 46.0 Å². The molecule has 1 aliphatic carbocycles. The fourth-order valence-electron chi connectivity index (χ4n) is 5.45. The molecule has 5 N–H and O–H groups in total. The largest absolute Gasteiger partial charge is 0.369 e. The van der Waals surface area contributed by atoms with E-state index >= 15 is 0 Å². The van der Waals surface area contributed by atoms with Crippen LogP contribution in [0.15, 0.2) is 47.5 Å². The van der Waals surface area contributed by atoms with Crippen LogP contribution in [0.4, 0.5) is 14.5 Å². The molecule has 12 nitrogen and oxygen atoms in total. The third-order valence-electron chi connectivity index (χ3n) is 7.95. The van der Waals surface area contributed by atoms with Crippen LogP contribution in [0.5, 0.6) is 0 Å². The van der Waals surface area contributed by atoms with Gasteiger partial charge in [-0.15, -0.1) is 0 Å². The maximum Gasteiger partial charge on any atom is 0.272 e. The minimum absolute atomic E-state index is 0.0287. The third kappa shape index (κ3) is 7.46. The van der Waals surface area contributed by atoms with E-state index in [1.54, 1.807) is 18.2 Å². The van der Waals surface area contributed by atoms with Crippen molar-refractivity contribution in [2.24, 2.45) is 5.73 Å². The van der Waals surface area contributed by atoms with Crippen LogP contribution in [0.1, 0.15) is 54.6 Å². The molecule has 0 atom stereocenters. The Kier molecular flexibility index (Phi) is 9.66. The summed E-state index contributed by atoms with van der Waals surface area (Å²) in [4.78, 5) is 39.7. The maximum atomic E-state index is 13.9. The van der Waals surface area contributed by atoms with Gasteiger partial charge in [-0.3, -0.25) is 19.5 Å². The molecule has 0 bridgehead atoms. The molecule has 2 heterocycles. The Hall–Kier alpha value is -3.69. The molecule has 1 aliphatic heterocycles. The highest BCUT2D eigenvalue weighted by Gasteiger charge is 2.50. The Morgan fingerprint density at radius 3 is 2.47 bits per heavy atom. The second kappa shape index (κ2) is 12.9. The van der Waals surface area contributed by atoms with E-state index in [0.29, 0.717) is 25.1 Å². The van der Waals surface area contributed by atoms with Gasteiger partial charge < -0.3 is 21.3 Å². The van der Waals surface area contributed by atoms with E-state index in [-0.39, 0.29) is 54.0 Å². The number of halogens is 2. The highest BCUT2D eigenvalue weighted by Crippen LogP contribution is 2.46. The SMILES string of the molecule is CN(C)C/C=C/C(=O)Nc1cccc(S(=O)(=O)N2CCC(NC(=O)c3n[nH]cc3C3(C(N)=O)CCC(F)(F)CC3)CC2)c1. The van der Waals surface area contributed by atoms with Crippen molar-refractivity contribution in [3.8, 4) is 0 Å². The number of piperidine rings is 1. The predicted octanol–water partition coefficient (Wildman–Crippen LogP) is 1.98.